The minimum atomic E-state index is 0.559. The van der Waals surface area contributed by atoms with Gasteiger partial charge in [0.25, 0.3) is 0 Å². The van der Waals surface area contributed by atoms with Gasteiger partial charge in [0.15, 0.2) is 0 Å². The standard InChI is InChI=1S/C17H18N2O/c1-3-14-6-4-5-7-16(14)20-17-9-8-13(12-19-2)10-15(17)11-18/h4-10,19H,3,12H2,1-2H3. The van der Waals surface area contributed by atoms with Crippen LogP contribution in [0.5, 0.6) is 11.5 Å². The summed E-state index contributed by atoms with van der Waals surface area (Å²) in [6.45, 7) is 2.82. The highest BCUT2D eigenvalue weighted by molar-refractivity contribution is 5.48. The first-order valence-corrected chi connectivity index (χ1v) is 6.72. The average molecular weight is 266 g/mol. The lowest BCUT2D eigenvalue weighted by molar-refractivity contribution is 0.475. The van der Waals surface area contributed by atoms with Gasteiger partial charge < -0.3 is 10.1 Å². The predicted octanol–water partition coefficient (Wildman–Crippen LogP) is 3.63. The second kappa shape index (κ2) is 6.74. The minimum Gasteiger partial charge on any atom is -0.456 e. The summed E-state index contributed by atoms with van der Waals surface area (Å²) in [6, 6.07) is 15.8. The van der Waals surface area contributed by atoms with E-state index in [0.29, 0.717) is 11.3 Å². The van der Waals surface area contributed by atoms with E-state index in [2.05, 4.69) is 18.3 Å². The number of rotatable bonds is 5. The molecular weight excluding hydrogens is 248 g/mol. The number of hydrogen-bond acceptors (Lipinski definition) is 3. The molecule has 20 heavy (non-hydrogen) atoms. The van der Waals surface area contributed by atoms with Crippen LogP contribution in [0.1, 0.15) is 23.6 Å². The summed E-state index contributed by atoms with van der Waals surface area (Å²) in [6.07, 6.45) is 0.899. The summed E-state index contributed by atoms with van der Waals surface area (Å²) >= 11 is 0. The molecule has 0 heterocycles. The molecule has 0 aliphatic rings. The molecule has 0 amide bonds. The van der Waals surface area contributed by atoms with Crippen molar-refractivity contribution in [2.45, 2.75) is 19.9 Å². The highest BCUT2D eigenvalue weighted by Crippen LogP contribution is 2.28. The molecule has 0 spiro atoms. The summed E-state index contributed by atoms with van der Waals surface area (Å²) < 4.78 is 5.91. The number of nitrogens with zero attached hydrogens (tertiary/aromatic N) is 1. The first-order chi connectivity index (χ1) is 9.78. The highest BCUT2D eigenvalue weighted by Gasteiger charge is 2.08. The minimum absolute atomic E-state index is 0.559. The van der Waals surface area contributed by atoms with Gasteiger partial charge in [-0.3, -0.25) is 0 Å². The van der Waals surface area contributed by atoms with Crippen molar-refractivity contribution < 1.29 is 4.74 Å². The van der Waals surface area contributed by atoms with Crippen molar-refractivity contribution in [1.29, 1.82) is 5.26 Å². The Balaban J connectivity index is 2.31. The van der Waals surface area contributed by atoms with E-state index in [-0.39, 0.29) is 0 Å². The maximum atomic E-state index is 9.27. The van der Waals surface area contributed by atoms with Crippen LogP contribution in [-0.2, 0) is 13.0 Å². The summed E-state index contributed by atoms with van der Waals surface area (Å²) in [5.41, 5.74) is 2.76. The molecule has 1 N–H and O–H groups in total. The van der Waals surface area contributed by atoms with Crippen molar-refractivity contribution in [2.24, 2.45) is 0 Å². The van der Waals surface area contributed by atoms with Crippen LogP contribution in [0.25, 0.3) is 0 Å². The third-order valence-corrected chi connectivity index (χ3v) is 3.12. The smallest absolute Gasteiger partial charge is 0.145 e. The maximum absolute atomic E-state index is 9.27. The Bertz CT molecular complexity index is 629. The largest absolute Gasteiger partial charge is 0.456 e. The van der Waals surface area contributed by atoms with E-state index >= 15 is 0 Å². The van der Waals surface area contributed by atoms with Crippen molar-refractivity contribution in [3.63, 3.8) is 0 Å². The molecule has 0 aromatic heterocycles. The molecule has 2 aromatic carbocycles. The van der Waals surface area contributed by atoms with Gasteiger partial charge in [0.05, 0.1) is 5.56 Å². The topological polar surface area (TPSA) is 45.0 Å². The summed E-state index contributed by atoms with van der Waals surface area (Å²) in [5, 5.41) is 12.3. The van der Waals surface area contributed by atoms with Crippen LogP contribution >= 0.6 is 0 Å². The number of hydrogen-bond donors (Lipinski definition) is 1. The van der Waals surface area contributed by atoms with Crippen LogP contribution in [0.2, 0.25) is 0 Å². The van der Waals surface area contributed by atoms with Crippen molar-refractivity contribution in [3.05, 3.63) is 59.2 Å². The van der Waals surface area contributed by atoms with Gasteiger partial charge >= 0.3 is 0 Å². The number of aryl methyl sites for hydroxylation is 1. The third-order valence-electron chi connectivity index (χ3n) is 3.12. The molecule has 2 rings (SSSR count). The van der Waals surface area contributed by atoms with E-state index < -0.39 is 0 Å². The second-order valence-electron chi connectivity index (χ2n) is 4.54. The lowest BCUT2D eigenvalue weighted by atomic mass is 10.1. The maximum Gasteiger partial charge on any atom is 0.145 e. The normalized spacial score (nSPS) is 10.1. The summed E-state index contributed by atoms with van der Waals surface area (Å²) in [7, 11) is 1.88. The zero-order valence-corrected chi connectivity index (χ0v) is 11.8. The molecule has 0 saturated carbocycles. The first kappa shape index (κ1) is 14.1. The van der Waals surface area contributed by atoms with E-state index in [1.807, 2.05) is 49.5 Å². The first-order valence-electron chi connectivity index (χ1n) is 6.72. The van der Waals surface area contributed by atoms with Crippen molar-refractivity contribution in [3.8, 4) is 17.6 Å². The number of benzene rings is 2. The lowest BCUT2D eigenvalue weighted by Gasteiger charge is -2.12. The van der Waals surface area contributed by atoms with Gasteiger partial charge in [-0.25, -0.2) is 0 Å². The molecule has 0 radical (unpaired) electrons. The molecule has 102 valence electrons. The van der Waals surface area contributed by atoms with Crippen LogP contribution in [0.4, 0.5) is 0 Å². The fourth-order valence-electron chi connectivity index (χ4n) is 2.08. The van der Waals surface area contributed by atoms with Crippen LogP contribution < -0.4 is 10.1 Å². The van der Waals surface area contributed by atoms with E-state index in [1.54, 1.807) is 0 Å². The Morgan fingerprint density at radius 1 is 1.15 bits per heavy atom. The SMILES string of the molecule is CCc1ccccc1Oc1ccc(CNC)cc1C#N. The number of nitrogens with one attached hydrogen (secondary N) is 1. The predicted molar refractivity (Wildman–Crippen MR) is 79.8 cm³/mol. The van der Waals surface area contributed by atoms with Crippen LogP contribution in [-0.4, -0.2) is 7.05 Å². The Morgan fingerprint density at radius 2 is 1.95 bits per heavy atom. The van der Waals surface area contributed by atoms with Gasteiger partial charge in [-0.2, -0.15) is 5.26 Å². The lowest BCUT2D eigenvalue weighted by Crippen LogP contribution is -2.05. The van der Waals surface area contributed by atoms with Crippen LogP contribution in [0, 0.1) is 11.3 Å². The van der Waals surface area contributed by atoms with Gasteiger partial charge in [-0.05, 0) is 42.8 Å². The molecular formula is C17H18N2O. The van der Waals surface area contributed by atoms with Crippen LogP contribution in [0.3, 0.4) is 0 Å². The number of para-hydroxylation sites is 1. The highest BCUT2D eigenvalue weighted by atomic mass is 16.5. The quantitative estimate of drug-likeness (QED) is 0.898. The Labute approximate surface area is 119 Å². The number of ether oxygens (including phenoxy) is 1. The molecule has 2 aromatic rings. The Morgan fingerprint density at radius 3 is 2.65 bits per heavy atom. The molecule has 0 bridgehead atoms. The number of nitriles is 1. The average Bonchev–Trinajstić information content (AvgIpc) is 2.49. The van der Waals surface area contributed by atoms with Crippen molar-refractivity contribution >= 4 is 0 Å². The van der Waals surface area contributed by atoms with Gasteiger partial charge in [-0.15, -0.1) is 0 Å². The molecule has 0 saturated heterocycles. The zero-order chi connectivity index (χ0) is 14.4. The van der Waals surface area contributed by atoms with Gasteiger partial charge in [0.1, 0.15) is 17.6 Å². The Kier molecular flexibility index (Phi) is 4.75. The van der Waals surface area contributed by atoms with E-state index in [9.17, 15) is 5.26 Å². The van der Waals surface area contributed by atoms with Gasteiger partial charge in [0, 0.05) is 6.54 Å². The molecule has 0 aliphatic carbocycles. The summed E-state index contributed by atoms with van der Waals surface area (Å²) in [4.78, 5) is 0. The van der Waals surface area contributed by atoms with Gasteiger partial charge in [-0.1, -0.05) is 31.2 Å². The van der Waals surface area contributed by atoms with E-state index in [1.165, 1.54) is 0 Å². The summed E-state index contributed by atoms with van der Waals surface area (Å²) in [5.74, 6) is 1.42. The van der Waals surface area contributed by atoms with E-state index in [4.69, 9.17) is 4.74 Å². The van der Waals surface area contributed by atoms with E-state index in [0.717, 1.165) is 29.8 Å². The van der Waals surface area contributed by atoms with Crippen molar-refractivity contribution in [2.75, 3.05) is 7.05 Å². The van der Waals surface area contributed by atoms with Crippen LogP contribution in [0.15, 0.2) is 42.5 Å². The zero-order valence-electron chi connectivity index (χ0n) is 11.8. The Hall–Kier alpha value is -2.31. The molecule has 0 atom stereocenters. The monoisotopic (exact) mass is 266 g/mol. The fraction of sp³-hybridized carbons (Fsp3) is 0.235. The third kappa shape index (κ3) is 3.17. The molecule has 0 fully saturated rings. The fourth-order valence-corrected chi connectivity index (χ4v) is 2.08. The molecule has 0 aliphatic heterocycles. The second-order valence-corrected chi connectivity index (χ2v) is 4.54. The van der Waals surface area contributed by atoms with Crippen molar-refractivity contribution in [1.82, 2.24) is 5.32 Å². The molecule has 0 unspecified atom stereocenters. The molecule has 3 nitrogen and oxygen atoms in total. The molecule has 3 heteroatoms. The van der Waals surface area contributed by atoms with Gasteiger partial charge in [0.2, 0.25) is 0 Å².